The molecule has 0 bridgehead atoms. The van der Waals surface area contributed by atoms with E-state index in [2.05, 4.69) is 138 Å². The number of halogens is 3. The minimum absolute atomic E-state index is 0.745. The number of pyridine rings is 3. The second kappa shape index (κ2) is 23.6. The van der Waals surface area contributed by atoms with Crippen molar-refractivity contribution >= 4 is 98.6 Å². The first kappa shape index (κ1) is 48.1. The summed E-state index contributed by atoms with van der Waals surface area (Å²) >= 11 is 10.2. The van der Waals surface area contributed by atoms with Gasteiger partial charge in [0.2, 0.25) is 0 Å². The fourth-order valence-electron chi connectivity index (χ4n) is 7.47. The molecule has 0 radical (unpaired) electrons. The summed E-state index contributed by atoms with van der Waals surface area (Å²) in [4.78, 5) is 34.9. The summed E-state index contributed by atoms with van der Waals surface area (Å²) in [6, 6.07) is 12.1. The quantitative estimate of drug-likeness (QED) is 0.157. The molecule has 9 heterocycles. The Hall–Kier alpha value is -2.33. The van der Waals surface area contributed by atoms with Crippen molar-refractivity contribution in [3.05, 3.63) is 64.2 Å². The van der Waals surface area contributed by atoms with Gasteiger partial charge in [-0.2, -0.15) is 10.2 Å². The minimum Gasteiger partial charge on any atom is -0.304 e. The van der Waals surface area contributed by atoms with Crippen molar-refractivity contribution in [3.8, 4) is 0 Å². The van der Waals surface area contributed by atoms with Gasteiger partial charge in [-0.3, -0.25) is 14.9 Å². The number of hydrogen-bond acceptors (Lipinski definition) is 12. The average Bonchev–Trinajstić information content (AvgIpc) is 3.95. The monoisotopic (exact) mass is 1090 g/mol. The van der Waals surface area contributed by atoms with E-state index in [0.29, 0.717) is 0 Å². The Bertz CT molecular complexity index is 2220. The molecule has 61 heavy (non-hydrogen) atoms. The van der Waals surface area contributed by atoms with Crippen LogP contribution in [0.3, 0.4) is 0 Å². The first-order valence-corrected chi connectivity index (χ1v) is 33.5. The fraction of sp³-hybridized carbons (Fsp3) is 0.571. The van der Waals surface area contributed by atoms with E-state index in [1.165, 1.54) is 48.4 Å². The van der Waals surface area contributed by atoms with E-state index in [4.69, 9.17) is 16.7 Å². The third-order valence-electron chi connectivity index (χ3n) is 11.4. The van der Waals surface area contributed by atoms with Crippen LogP contribution in [0.15, 0.2) is 64.2 Å². The van der Waals surface area contributed by atoms with E-state index < -0.39 is 18.4 Å². The molecular weight excluding hydrogens is 1030 g/mol. The Kier molecular flexibility index (Phi) is 18.6. The number of alkyl halides is 1. The van der Waals surface area contributed by atoms with Gasteiger partial charge in [0.15, 0.2) is 11.3 Å². The van der Waals surface area contributed by atoms with Crippen molar-refractivity contribution < 1.29 is 0 Å². The summed E-state index contributed by atoms with van der Waals surface area (Å²) in [5, 5.41) is 19.6. The number of rotatable bonds is 9. The molecule has 0 spiro atoms. The zero-order chi connectivity index (χ0) is 43.4. The first-order valence-electron chi connectivity index (χ1n) is 21.4. The van der Waals surface area contributed by atoms with Crippen molar-refractivity contribution in [3.63, 3.8) is 0 Å². The van der Waals surface area contributed by atoms with Gasteiger partial charge in [-0.15, -0.1) is 11.6 Å². The summed E-state index contributed by atoms with van der Waals surface area (Å²) in [6.45, 7) is 19.0. The number of fused-ring (bicyclic) bond motifs is 3. The smallest absolute Gasteiger partial charge is 0.158 e. The van der Waals surface area contributed by atoms with Gasteiger partial charge in [0, 0.05) is 83.7 Å². The normalized spacial score (nSPS) is 17.8. The third-order valence-corrected chi connectivity index (χ3v) is 17.9. The van der Waals surface area contributed by atoms with Gasteiger partial charge in [0.05, 0.1) is 17.3 Å². The molecule has 3 aliphatic heterocycles. The number of piperazine rings is 3. The van der Waals surface area contributed by atoms with Crippen LogP contribution >= 0.6 is 43.5 Å². The van der Waals surface area contributed by atoms with Crippen molar-refractivity contribution in [2.45, 2.75) is 27.9 Å². The molecule has 0 saturated carbocycles. The summed E-state index contributed by atoms with van der Waals surface area (Å²) < 4.78 is 7.27. The SMILES string of the molecule is Brc1[nH]nc2ncccc12.CN1CCN(CCCl)CC1.CN1CCN(CCn2n[c]([Sn]([CH3])([CH3])[CH3])c3cccnc32)CC1.CN1CCN(CCn2nc(Br)c3cccnc32)CC1. The van der Waals surface area contributed by atoms with Gasteiger partial charge in [-0.25, -0.2) is 14.6 Å². The van der Waals surface area contributed by atoms with Crippen molar-refractivity contribution in [2.75, 3.05) is 125 Å². The van der Waals surface area contributed by atoms with E-state index in [0.717, 1.165) is 115 Å². The second-order valence-electron chi connectivity index (χ2n) is 17.1. The van der Waals surface area contributed by atoms with Crippen LogP contribution in [0, 0.1) is 0 Å². The minimum atomic E-state index is -2.21. The molecule has 9 rings (SSSR count). The number of H-pyrrole nitrogens is 1. The molecule has 1 N–H and O–H groups in total. The van der Waals surface area contributed by atoms with Crippen LogP contribution in [-0.4, -0.2) is 218 Å². The predicted octanol–water partition coefficient (Wildman–Crippen LogP) is 4.86. The molecule has 0 amide bonds. The Labute approximate surface area is 387 Å². The Morgan fingerprint density at radius 2 is 1.02 bits per heavy atom. The van der Waals surface area contributed by atoms with Crippen LogP contribution < -0.4 is 3.71 Å². The molecule has 0 aromatic carbocycles. The van der Waals surface area contributed by atoms with Gasteiger partial charge < -0.3 is 9.80 Å². The number of likely N-dealkylation sites (N-methyl/N-ethyl adjacent to an activating group) is 3. The number of hydrogen-bond donors (Lipinski definition) is 1. The average molecular weight is 1090 g/mol. The largest absolute Gasteiger partial charge is 0.304 e. The standard InChI is InChI=1S/C13H18BrN5.C13H18N5.C7H15ClN2.C6H4BrN3.3CH3.Sn/c1-17-5-7-18(8-6-17)9-10-19-13-11(12(14)16-19)3-2-4-15-13;1-16-5-7-17(8-6-16)9-10-18-13-12(11-15-18)3-2-4-14-13;1-9-4-6-10(3-2-8)7-5-9;7-5-4-2-1-3-8-6(4)10-9-5;;;;/h2-4H,5-10H2,1H3;2-4H,5-10H2,1H3;2-7H2,1H3;1-3H,(H,8,9,10);3*1H3;. The molecule has 15 nitrogen and oxygen atoms in total. The molecule has 3 fully saturated rings. The maximum atomic E-state index is 5.62. The maximum absolute atomic E-state index is 5.62. The fourth-order valence-corrected chi connectivity index (χ4v) is 12.7. The van der Waals surface area contributed by atoms with Crippen molar-refractivity contribution in [2.24, 2.45) is 0 Å². The zero-order valence-corrected chi connectivity index (χ0v) is 43.6. The van der Waals surface area contributed by atoms with Gasteiger partial charge in [-0.05, 0) is 70.2 Å². The van der Waals surface area contributed by atoms with Gasteiger partial charge in [0.25, 0.3) is 0 Å². The second-order valence-corrected chi connectivity index (χ2v) is 33.2. The summed E-state index contributed by atoms with van der Waals surface area (Å²) in [5.74, 6) is 0.768. The number of nitrogens with one attached hydrogen (secondary N) is 1. The summed E-state index contributed by atoms with van der Waals surface area (Å²) in [6.07, 6.45) is 5.43. The first-order chi connectivity index (χ1) is 29.4. The molecule has 332 valence electrons. The number of aromatic amines is 1. The van der Waals surface area contributed by atoms with Gasteiger partial charge in [-0.1, -0.05) is 0 Å². The molecule has 3 saturated heterocycles. The summed E-state index contributed by atoms with van der Waals surface area (Å²) in [7, 11) is 6.54. The number of aromatic nitrogens is 9. The molecular formula is C42H64Br2ClN15Sn. The third kappa shape index (κ3) is 14.1. The van der Waals surface area contributed by atoms with Crippen LogP contribution in [0.2, 0.25) is 14.8 Å². The molecule has 0 atom stereocenters. The van der Waals surface area contributed by atoms with Crippen LogP contribution in [-0.2, 0) is 13.1 Å². The van der Waals surface area contributed by atoms with E-state index in [9.17, 15) is 0 Å². The van der Waals surface area contributed by atoms with Crippen LogP contribution in [0.1, 0.15) is 0 Å². The molecule has 6 aromatic rings. The Balaban J connectivity index is 0.000000144. The molecule has 19 heteroatoms. The van der Waals surface area contributed by atoms with Crippen LogP contribution in [0.25, 0.3) is 33.1 Å². The predicted molar refractivity (Wildman–Crippen MR) is 260 cm³/mol. The van der Waals surface area contributed by atoms with E-state index in [-0.39, 0.29) is 0 Å². The Morgan fingerprint density at radius 3 is 1.51 bits per heavy atom. The van der Waals surface area contributed by atoms with E-state index in [1.807, 2.05) is 47.4 Å². The van der Waals surface area contributed by atoms with E-state index >= 15 is 0 Å². The van der Waals surface area contributed by atoms with Gasteiger partial charge in [0.1, 0.15) is 9.21 Å². The topological polar surface area (TPSA) is 122 Å². The number of nitrogens with zero attached hydrogens (tertiary/aromatic N) is 14. The Morgan fingerprint density at radius 1 is 0.574 bits per heavy atom. The van der Waals surface area contributed by atoms with Crippen LogP contribution in [0.5, 0.6) is 0 Å². The van der Waals surface area contributed by atoms with Gasteiger partial charge >= 0.3 is 137 Å². The van der Waals surface area contributed by atoms with Crippen molar-refractivity contribution in [1.82, 2.24) is 74.1 Å². The molecule has 6 aromatic heterocycles. The molecule has 0 unspecified atom stereocenters. The van der Waals surface area contributed by atoms with E-state index in [1.54, 1.807) is 6.20 Å². The van der Waals surface area contributed by atoms with Crippen LogP contribution in [0.4, 0.5) is 0 Å². The van der Waals surface area contributed by atoms with Crippen molar-refractivity contribution in [1.29, 1.82) is 0 Å². The molecule has 3 aliphatic rings. The maximum Gasteiger partial charge on any atom is 0.158 e. The summed E-state index contributed by atoms with van der Waals surface area (Å²) in [5.41, 5.74) is 2.77. The zero-order valence-electron chi connectivity index (χ0n) is 36.8. The molecule has 0 aliphatic carbocycles.